The molecule has 1 aromatic carbocycles. The average Bonchev–Trinajstić information content (AvgIpc) is 2.56. The van der Waals surface area contributed by atoms with E-state index in [4.69, 9.17) is 0 Å². The lowest BCUT2D eigenvalue weighted by molar-refractivity contribution is 0.627. The lowest BCUT2D eigenvalue weighted by Gasteiger charge is -1.97. The summed E-state index contributed by atoms with van der Waals surface area (Å²) in [6.45, 7) is 0. The van der Waals surface area contributed by atoms with Crippen molar-refractivity contribution in [1.82, 2.24) is 0 Å². The molecule has 0 radical (unpaired) electrons. The molecule has 0 aliphatic rings. The topological polar surface area (TPSA) is 0 Å². The molecule has 0 unspecified atom stereocenters. The van der Waals surface area contributed by atoms with Gasteiger partial charge in [0.15, 0.2) is 0 Å². The fourth-order valence-electron chi connectivity index (χ4n) is 1.25. The normalized spacial score (nSPS) is 10.4. The summed E-state index contributed by atoms with van der Waals surface area (Å²) >= 11 is 4.09. The van der Waals surface area contributed by atoms with Crippen LogP contribution in [0.5, 0.6) is 0 Å². The van der Waals surface area contributed by atoms with Gasteiger partial charge in [-0.3, -0.25) is 0 Å². The second-order valence-corrected chi connectivity index (χ2v) is 6.07. The first-order valence-corrected chi connectivity index (χ1v) is 6.12. The molecule has 72 valence electrons. The SMILES string of the molecule is Fc1ccc(Cc2ccc(I)s2)cc1. The summed E-state index contributed by atoms with van der Waals surface area (Å²) in [6, 6.07) is 10.9. The van der Waals surface area contributed by atoms with E-state index in [0.29, 0.717) is 0 Å². The highest BCUT2D eigenvalue weighted by Crippen LogP contribution is 2.21. The number of hydrogen-bond acceptors (Lipinski definition) is 1. The molecule has 0 fully saturated rings. The third-order valence-corrected chi connectivity index (χ3v) is 3.81. The zero-order valence-electron chi connectivity index (χ0n) is 7.34. The van der Waals surface area contributed by atoms with Gasteiger partial charge in [-0.05, 0) is 52.4 Å². The molecule has 0 saturated heterocycles. The molecule has 2 rings (SSSR count). The zero-order chi connectivity index (χ0) is 9.97. The summed E-state index contributed by atoms with van der Waals surface area (Å²) in [4.78, 5) is 1.32. The maximum atomic E-state index is 12.6. The molecule has 0 saturated carbocycles. The Morgan fingerprint density at radius 1 is 1.07 bits per heavy atom. The van der Waals surface area contributed by atoms with Gasteiger partial charge < -0.3 is 0 Å². The van der Waals surface area contributed by atoms with Gasteiger partial charge in [0.05, 0.1) is 2.88 Å². The predicted molar refractivity (Wildman–Crippen MR) is 66.2 cm³/mol. The largest absolute Gasteiger partial charge is 0.207 e. The van der Waals surface area contributed by atoms with Crippen LogP contribution in [0.4, 0.5) is 4.39 Å². The standard InChI is InChI=1S/C11H8FIS/c12-9-3-1-8(2-4-9)7-10-5-6-11(13)14-10/h1-6H,7H2. The van der Waals surface area contributed by atoms with Gasteiger partial charge in [0.25, 0.3) is 0 Å². The summed E-state index contributed by atoms with van der Waals surface area (Å²) in [5.41, 5.74) is 1.16. The Morgan fingerprint density at radius 2 is 1.79 bits per heavy atom. The van der Waals surface area contributed by atoms with Crippen molar-refractivity contribution in [3.05, 3.63) is 55.5 Å². The quantitative estimate of drug-likeness (QED) is 0.732. The molecule has 0 nitrogen and oxygen atoms in total. The molecular formula is C11H8FIS. The van der Waals surface area contributed by atoms with Crippen LogP contribution >= 0.6 is 33.9 Å². The second-order valence-electron chi connectivity index (χ2n) is 3.01. The summed E-state index contributed by atoms with van der Waals surface area (Å²) in [6.07, 6.45) is 0.897. The molecule has 14 heavy (non-hydrogen) atoms. The molecule has 0 atom stereocenters. The van der Waals surface area contributed by atoms with Gasteiger partial charge in [-0.2, -0.15) is 0 Å². The fourth-order valence-corrected chi connectivity index (χ4v) is 3.04. The van der Waals surface area contributed by atoms with Crippen molar-refractivity contribution in [3.63, 3.8) is 0 Å². The Hall–Kier alpha value is -0.420. The van der Waals surface area contributed by atoms with Crippen LogP contribution in [0.15, 0.2) is 36.4 Å². The van der Waals surface area contributed by atoms with Crippen LogP contribution in [0.25, 0.3) is 0 Å². The minimum absolute atomic E-state index is 0.172. The van der Waals surface area contributed by atoms with Crippen LogP contribution in [0, 0.1) is 8.70 Å². The maximum absolute atomic E-state index is 12.6. The van der Waals surface area contributed by atoms with Crippen molar-refractivity contribution in [2.75, 3.05) is 0 Å². The van der Waals surface area contributed by atoms with Crippen molar-refractivity contribution in [2.24, 2.45) is 0 Å². The monoisotopic (exact) mass is 318 g/mol. The Kier molecular flexibility index (Phi) is 3.18. The molecule has 2 aromatic rings. The van der Waals surface area contributed by atoms with Crippen LogP contribution < -0.4 is 0 Å². The van der Waals surface area contributed by atoms with E-state index in [1.165, 1.54) is 19.9 Å². The lowest BCUT2D eigenvalue weighted by atomic mass is 10.1. The van der Waals surface area contributed by atoms with E-state index in [2.05, 4.69) is 34.7 Å². The number of benzene rings is 1. The summed E-state index contributed by atoms with van der Waals surface area (Å²) in [5.74, 6) is -0.172. The minimum Gasteiger partial charge on any atom is -0.207 e. The first-order chi connectivity index (χ1) is 6.74. The molecule has 0 bridgehead atoms. The molecule has 3 heteroatoms. The molecule has 0 amide bonds. The van der Waals surface area contributed by atoms with Gasteiger partial charge in [-0.15, -0.1) is 11.3 Å². The molecule has 0 spiro atoms. The van der Waals surface area contributed by atoms with Gasteiger partial charge in [0.2, 0.25) is 0 Å². The van der Waals surface area contributed by atoms with Crippen molar-refractivity contribution in [3.8, 4) is 0 Å². The van der Waals surface area contributed by atoms with Crippen molar-refractivity contribution >= 4 is 33.9 Å². The first-order valence-electron chi connectivity index (χ1n) is 4.23. The maximum Gasteiger partial charge on any atom is 0.123 e. The summed E-state index contributed by atoms with van der Waals surface area (Å²) in [5, 5.41) is 0. The molecule has 1 aromatic heterocycles. The van der Waals surface area contributed by atoms with Crippen LogP contribution in [0.2, 0.25) is 0 Å². The minimum atomic E-state index is -0.172. The predicted octanol–water partition coefficient (Wildman–Crippen LogP) is 4.08. The Labute approximate surface area is 99.9 Å². The highest BCUT2D eigenvalue weighted by molar-refractivity contribution is 14.1. The molecule has 1 heterocycles. The number of thiophene rings is 1. The van der Waals surface area contributed by atoms with Crippen molar-refractivity contribution in [2.45, 2.75) is 6.42 Å². The summed E-state index contributed by atoms with van der Waals surface area (Å²) in [7, 11) is 0. The highest BCUT2D eigenvalue weighted by Gasteiger charge is 1.99. The van der Waals surface area contributed by atoms with Crippen molar-refractivity contribution in [1.29, 1.82) is 0 Å². The first kappa shape index (κ1) is 10.1. The van der Waals surface area contributed by atoms with Crippen molar-refractivity contribution < 1.29 is 4.39 Å². The molecule has 0 aliphatic heterocycles. The van der Waals surface area contributed by atoms with Gasteiger partial charge >= 0.3 is 0 Å². The summed E-state index contributed by atoms with van der Waals surface area (Å²) < 4.78 is 13.9. The van der Waals surface area contributed by atoms with E-state index >= 15 is 0 Å². The van der Waals surface area contributed by atoms with Gasteiger partial charge in [0.1, 0.15) is 5.82 Å². The van der Waals surface area contributed by atoms with Crippen LogP contribution in [-0.4, -0.2) is 0 Å². The third-order valence-electron chi connectivity index (χ3n) is 1.92. The van der Waals surface area contributed by atoms with E-state index in [-0.39, 0.29) is 5.82 Å². The van der Waals surface area contributed by atoms with Gasteiger partial charge in [0, 0.05) is 11.3 Å². The van der Waals surface area contributed by atoms with E-state index in [1.807, 2.05) is 12.1 Å². The van der Waals surface area contributed by atoms with Crippen LogP contribution in [-0.2, 0) is 6.42 Å². The zero-order valence-corrected chi connectivity index (χ0v) is 10.3. The van der Waals surface area contributed by atoms with E-state index in [1.54, 1.807) is 11.3 Å². The molecule has 0 N–H and O–H groups in total. The number of halogens is 2. The molecular weight excluding hydrogens is 310 g/mol. The highest BCUT2D eigenvalue weighted by atomic mass is 127. The second kappa shape index (κ2) is 4.40. The number of rotatable bonds is 2. The fraction of sp³-hybridized carbons (Fsp3) is 0.0909. The van der Waals surface area contributed by atoms with E-state index in [9.17, 15) is 4.39 Å². The van der Waals surface area contributed by atoms with Gasteiger partial charge in [-0.1, -0.05) is 12.1 Å². The number of hydrogen-bond donors (Lipinski definition) is 0. The Bertz CT molecular complexity index is 419. The Morgan fingerprint density at radius 3 is 2.36 bits per heavy atom. The lowest BCUT2D eigenvalue weighted by Crippen LogP contribution is -1.84. The average molecular weight is 318 g/mol. The van der Waals surface area contributed by atoms with Crippen LogP contribution in [0.3, 0.4) is 0 Å². The van der Waals surface area contributed by atoms with E-state index in [0.717, 1.165) is 12.0 Å². The smallest absolute Gasteiger partial charge is 0.123 e. The Balaban J connectivity index is 2.15. The van der Waals surface area contributed by atoms with Crippen LogP contribution in [0.1, 0.15) is 10.4 Å². The van der Waals surface area contributed by atoms with Gasteiger partial charge in [-0.25, -0.2) is 4.39 Å². The molecule has 0 aliphatic carbocycles. The van der Waals surface area contributed by atoms with E-state index < -0.39 is 0 Å². The third kappa shape index (κ3) is 2.54.